The molecular formula is C18H30N6O5S. The van der Waals surface area contributed by atoms with Crippen molar-refractivity contribution in [2.75, 3.05) is 13.6 Å². The van der Waals surface area contributed by atoms with E-state index in [-0.39, 0.29) is 30.5 Å². The number of carbonyl (C=O) groups is 2. The van der Waals surface area contributed by atoms with Crippen LogP contribution in [0.4, 0.5) is 0 Å². The monoisotopic (exact) mass is 442 g/mol. The highest BCUT2D eigenvalue weighted by Gasteiger charge is 2.52. The number of β-amino-alcohol motifs (C(OH)–C–C–N with tert-alkyl or cyclic N) is 1. The Morgan fingerprint density at radius 3 is 2.47 bits per heavy atom. The Balaban J connectivity index is 1.98. The van der Waals surface area contributed by atoms with E-state index in [0.717, 1.165) is 0 Å². The van der Waals surface area contributed by atoms with Crippen molar-refractivity contribution in [1.29, 1.82) is 0 Å². The summed E-state index contributed by atoms with van der Waals surface area (Å²) in [5, 5.41) is 26.2. The summed E-state index contributed by atoms with van der Waals surface area (Å²) in [6.45, 7) is 5.57. The van der Waals surface area contributed by atoms with Crippen LogP contribution in [0.1, 0.15) is 58.2 Å². The lowest BCUT2D eigenvalue weighted by molar-refractivity contribution is -0.144. The van der Waals surface area contributed by atoms with E-state index in [1.165, 1.54) is 22.8 Å². The lowest BCUT2D eigenvalue weighted by atomic mass is 9.82. The van der Waals surface area contributed by atoms with Gasteiger partial charge in [0, 0.05) is 20.0 Å². The minimum atomic E-state index is -3.89. The minimum absolute atomic E-state index is 0.0339. The number of sulfonamides is 1. The van der Waals surface area contributed by atoms with Crippen molar-refractivity contribution < 1.29 is 23.1 Å². The van der Waals surface area contributed by atoms with Gasteiger partial charge in [0.15, 0.2) is 0 Å². The third-order valence-electron chi connectivity index (χ3n) is 6.11. The smallest absolute Gasteiger partial charge is 0.248 e. The number of nitrogens with two attached hydrogens (primary N) is 1. The van der Waals surface area contributed by atoms with Crippen molar-refractivity contribution in [2.45, 2.75) is 69.4 Å². The van der Waals surface area contributed by atoms with Gasteiger partial charge in [0.2, 0.25) is 21.8 Å². The number of primary sulfonamides is 1. The molecule has 11 nitrogen and oxygen atoms in total. The van der Waals surface area contributed by atoms with Crippen LogP contribution in [0.25, 0.3) is 0 Å². The Morgan fingerprint density at radius 1 is 1.37 bits per heavy atom. The maximum atomic E-state index is 13.5. The summed E-state index contributed by atoms with van der Waals surface area (Å²) < 4.78 is 24.5. The van der Waals surface area contributed by atoms with E-state index in [2.05, 4.69) is 15.6 Å². The van der Waals surface area contributed by atoms with Gasteiger partial charge >= 0.3 is 0 Å². The number of aliphatic hydroxyl groups is 1. The normalized spacial score (nSPS) is 24.9. The summed E-state index contributed by atoms with van der Waals surface area (Å²) in [6, 6.07) is -1.64. The summed E-state index contributed by atoms with van der Waals surface area (Å²) >= 11 is 0. The fourth-order valence-corrected chi connectivity index (χ4v) is 5.55. The molecule has 4 N–H and O–H groups in total. The summed E-state index contributed by atoms with van der Waals surface area (Å²) in [7, 11) is -2.41. The standard InChI is InChI=1S/C18H30N6O5S/c1-17(2,3)14(16(27)23-9-11(25)8-12(23)15(26)20-4)24-10-13(21-22-24)18(6-5-7-18)30(19,28)29/h10-12,14,25H,5-9H2,1-4H3,(H,20,26)(H2,19,28,29)/t11-,12+,14-/m1/s1. The molecule has 0 spiro atoms. The molecule has 1 aliphatic heterocycles. The molecule has 0 aromatic carbocycles. The van der Waals surface area contributed by atoms with Crippen LogP contribution in [-0.2, 0) is 24.4 Å². The lowest BCUT2D eigenvalue weighted by Crippen LogP contribution is -2.50. The van der Waals surface area contributed by atoms with Gasteiger partial charge in [0.1, 0.15) is 22.5 Å². The zero-order chi connectivity index (χ0) is 22.5. The fourth-order valence-electron chi connectivity index (χ4n) is 4.31. The van der Waals surface area contributed by atoms with Gasteiger partial charge in [-0.2, -0.15) is 0 Å². The topological polar surface area (TPSA) is 161 Å². The van der Waals surface area contributed by atoms with Crippen molar-refractivity contribution in [2.24, 2.45) is 10.6 Å². The van der Waals surface area contributed by atoms with Gasteiger partial charge in [-0.25, -0.2) is 18.2 Å². The Labute approximate surface area is 176 Å². The van der Waals surface area contributed by atoms with Crippen molar-refractivity contribution in [3.8, 4) is 0 Å². The van der Waals surface area contributed by atoms with Gasteiger partial charge in [0.25, 0.3) is 0 Å². The average molecular weight is 443 g/mol. The number of hydrogen-bond donors (Lipinski definition) is 3. The van der Waals surface area contributed by atoms with E-state index in [4.69, 9.17) is 5.14 Å². The van der Waals surface area contributed by atoms with E-state index >= 15 is 0 Å². The molecule has 2 heterocycles. The first kappa shape index (κ1) is 22.6. The molecule has 1 aliphatic carbocycles. The number of rotatable bonds is 5. The lowest BCUT2D eigenvalue weighted by Gasteiger charge is -2.37. The molecule has 2 fully saturated rings. The molecule has 0 bridgehead atoms. The molecule has 1 saturated carbocycles. The first-order valence-corrected chi connectivity index (χ1v) is 11.5. The second kappa shape index (κ2) is 7.57. The van der Waals surface area contributed by atoms with Crippen LogP contribution in [0.5, 0.6) is 0 Å². The average Bonchev–Trinajstić information content (AvgIpc) is 3.17. The van der Waals surface area contributed by atoms with E-state index in [0.29, 0.717) is 19.3 Å². The molecule has 0 radical (unpaired) electrons. The predicted octanol–water partition coefficient (Wildman–Crippen LogP) is -0.759. The predicted molar refractivity (Wildman–Crippen MR) is 107 cm³/mol. The van der Waals surface area contributed by atoms with Crippen molar-refractivity contribution in [3.05, 3.63) is 11.9 Å². The number of likely N-dealkylation sites (tertiary alicyclic amines) is 1. The molecule has 2 aliphatic rings. The van der Waals surface area contributed by atoms with Crippen LogP contribution in [0.3, 0.4) is 0 Å². The number of likely N-dealkylation sites (N-methyl/N-ethyl adjacent to an activating group) is 1. The van der Waals surface area contributed by atoms with E-state index in [9.17, 15) is 23.1 Å². The summed E-state index contributed by atoms with van der Waals surface area (Å²) in [4.78, 5) is 27.1. The molecule has 168 valence electrons. The zero-order valence-electron chi connectivity index (χ0n) is 17.7. The van der Waals surface area contributed by atoms with E-state index < -0.39 is 38.4 Å². The van der Waals surface area contributed by atoms with Crippen LogP contribution in [-0.4, -0.2) is 71.0 Å². The van der Waals surface area contributed by atoms with Gasteiger partial charge < -0.3 is 15.3 Å². The number of aliphatic hydroxyl groups excluding tert-OH is 1. The van der Waals surface area contributed by atoms with Gasteiger partial charge in [-0.15, -0.1) is 5.10 Å². The number of nitrogens with one attached hydrogen (secondary N) is 1. The van der Waals surface area contributed by atoms with Crippen LogP contribution in [0.2, 0.25) is 0 Å². The molecule has 30 heavy (non-hydrogen) atoms. The van der Waals surface area contributed by atoms with Crippen molar-refractivity contribution >= 4 is 21.8 Å². The molecular weight excluding hydrogens is 412 g/mol. The molecule has 12 heteroatoms. The first-order chi connectivity index (χ1) is 13.8. The number of hydrogen-bond acceptors (Lipinski definition) is 7. The van der Waals surface area contributed by atoms with Crippen LogP contribution in [0.15, 0.2) is 6.20 Å². The Hall–Kier alpha value is -2.05. The second-order valence-electron chi connectivity index (χ2n) is 9.26. The quantitative estimate of drug-likeness (QED) is 0.540. The molecule has 3 atom stereocenters. The molecule has 2 amide bonds. The Kier molecular flexibility index (Phi) is 5.71. The van der Waals surface area contributed by atoms with Gasteiger partial charge in [-0.3, -0.25) is 9.59 Å². The molecule has 1 saturated heterocycles. The van der Waals surface area contributed by atoms with E-state index in [1.54, 1.807) is 0 Å². The highest BCUT2D eigenvalue weighted by molar-refractivity contribution is 7.90. The van der Waals surface area contributed by atoms with Crippen LogP contribution < -0.4 is 10.5 Å². The highest BCUT2D eigenvalue weighted by atomic mass is 32.2. The van der Waals surface area contributed by atoms with Crippen LogP contribution >= 0.6 is 0 Å². The molecule has 0 unspecified atom stereocenters. The molecule has 1 aromatic rings. The number of nitrogens with zero attached hydrogens (tertiary/aromatic N) is 4. The first-order valence-electron chi connectivity index (χ1n) is 9.96. The number of carbonyl (C=O) groups excluding carboxylic acids is 2. The molecule has 1 aromatic heterocycles. The maximum absolute atomic E-state index is 13.5. The SMILES string of the molecule is CNC(=O)[C@@H]1C[C@@H](O)CN1C(=O)[C@@H](n1cc(C2(S(N)(=O)=O)CCC2)nn1)C(C)(C)C. The second-order valence-corrected chi connectivity index (χ2v) is 11.1. The summed E-state index contributed by atoms with van der Waals surface area (Å²) in [5.41, 5.74) is -0.403. The van der Waals surface area contributed by atoms with Crippen molar-refractivity contribution in [3.63, 3.8) is 0 Å². The minimum Gasteiger partial charge on any atom is -0.391 e. The van der Waals surface area contributed by atoms with E-state index in [1.807, 2.05) is 20.8 Å². The highest BCUT2D eigenvalue weighted by Crippen LogP contribution is 2.46. The van der Waals surface area contributed by atoms with Gasteiger partial charge in [0.05, 0.1) is 12.3 Å². The van der Waals surface area contributed by atoms with Crippen LogP contribution in [0, 0.1) is 5.41 Å². The number of aromatic nitrogens is 3. The third-order valence-corrected chi connectivity index (χ3v) is 7.82. The Bertz CT molecular complexity index is 933. The largest absolute Gasteiger partial charge is 0.391 e. The third kappa shape index (κ3) is 3.71. The maximum Gasteiger partial charge on any atom is 0.248 e. The number of amides is 2. The Morgan fingerprint density at radius 2 is 2.00 bits per heavy atom. The van der Waals surface area contributed by atoms with Gasteiger partial charge in [-0.1, -0.05) is 26.0 Å². The fraction of sp³-hybridized carbons (Fsp3) is 0.778. The summed E-state index contributed by atoms with van der Waals surface area (Å²) in [5.74, 6) is -0.739. The summed E-state index contributed by atoms with van der Waals surface area (Å²) in [6.07, 6.45) is 2.25. The zero-order valence-corrected chi connectivity index (χ0v) is 18.5. The van der Waals surface area contributed by atoms with Crippen molar-refractivity contribution in [1.82, 2.24) is 25.2 Å². The molecule has 3 rings (SSSR count). The van der Waals surface area contributed by atoms with Gasteiger partial charge in [-0.05, 0) is 24.7 Å².